The summed E-state index contributed by atoms with van der Waals surface area (Å²) in [6, 6.07) is 8.19. The van der Waals surface area contributed by atoms with Gasteiger partial charge < -0.3 is 14.8 Å². The molecule has 0 atom stereocenters. The fraction of sp³-hybridized carbons (Fsp3) is 0.188. The molecule has 0 unspecified atom stereocenters. The maximum atomic E-state index is 12.2. The summed E-state index contributed by atoms with van der Waals surface area (Å²) in [5.74, 6) is -0.429. The van der Waals surface area contributed by atoms with Crippen LogP contribution in [-0.2, 0) is 4.74 Å². The fourth-order valence-electron chi connectivity index (χ4n) is 2.21. The first-order chi connectivity index (χ1) is 12.4. The first-order valence-corrected chi connectivity index (χ1v) is 7.42. The number of hydrogen-bond donors (Lipinski definition) is 1. The maximum absolute atomic E-state index is 12.2. The Labute approximate surface area is 147 Å². The Bertz CT molecular complexity index is 867. The SMILES string of the molecule is CCOC(=O)c1cc([N+](=O)[O-])cc([N+](=O)[O-])c1Nc1cccc(OC)c1. The number of carbonyl (C=O) groups is 1. The number of hydrogen-bond acceptors (Lipinski definition) is 8. The summed E-state index contributed by atoms with van der Waals surface area (Å²) >= 11 is 0. The molecule has 0 bridgehead atoms. The van der Waals surface area contributed by atoms with Gasteiger partial charge in [0, 0.05) is 17.8 Å². The molecule has 1 N–H and O–H groups in total. The minimum atomic E-state index is -0.912. The highest BCUT2D eigenvalue weighted by Crippen LogP contribution is 2.36. The van der Waals surface area contributed by atoms with E-state index in [0.717, 1.165) is 12.1 Å². The van der Waals surface area contributed by atoms with E-state index < -0.39 is 27.2 Å². The van der Waals surface area contributed by atoms with Crippen LogP contribution < -0.4 is 10.1 Å². The van der Waals surface area contributed by atoms with E-state index in [1.165, 1.54) is 7.11 Å². The summed E-state index contributed by atoms with van der Waals surface area (Å²) in [4.78, 5) is 33.0. The van der Waals surface area contributed by atoms with Gasteiger partial charge in [0.15, 0.2) is 0 Å². The van der Waals surface area contributed by atoms with Crippen LogP contribution in [0.1, 0.15) is 17.3 Å². The van der Waals surface area contributed by atoms with Crippen LogP contribution in [-0.4, -0.2) is 29.5 Å². The number of nitrogens with zero attached hydrogens (tertiary/aromatic N) is 2. The molecular formula is C16H15N3O7. The van der Waals surface area contributed by atoms with Gasteiger partial charge in [0.1, 0.15) is 11.4 Å². The largest absolute Gasteiger partial charge is 0.497 e. The predicted molar refractivity (Wildman–Crippen MR) is 92.0 cm³/mol. The smallest absolute Gasteiger partial charge is 0.340 e. The number of rotatable bonds is 7. The highest BCUT2D eigenvalue weighted by molar-refractivity contribution is 6.00. The number of esters is 1. The molecule has 0 saturated heterocycles. The number of nitro groups is 2. The van der Waals surface area contributed by atoms with E-state index >= 15 is 0 Å². The number of anilines is 2. The van der Waals surface area contributed by atoms with Crippen LogP contribution in [0.3, 0.4) is 0 Å². The van der Waals surface area contributed by atoms with Crippen molar-refractivity contribution in [3.63, 3.8) is 0 Å². The molecule has 2 aromatic rings. The van der Waals surface area contributed by atoms with Gasteiger partial charge in [-0.2, -0.15) is 0 Å². The zero-order valence-electron chi connectivity index (χ0n) is 13.9. The van der Waals surface area contributed by atoms with Crippen molar-refractivity contribution in [2.24, 2.45) is 0 Å². The monoisotopic (exact) mass is 361 g/mol. The molecule has 136 valence electrons. The molecule has 2 rings (SSSR count). The molecule has 0 saturated carbocycles. The minimum Gasteiger partial charge on any atom is -0.497 e. The van der Waals surface area contributed by atoms with Gasteiger partial charge in [0.05, 0.1) is 35.2 Å². The van der Waals surface area contributed by atoms with Gasteiger partial charge in [-0.1, -0.05) is 6.07 Å². The molecule has 0 fully saturated rings. The fourth-order valence-corrected chi connectivity index (χ4v) is 2.21. The average molecular weight is 361 g/mol. The van der Waals surface area contributed by atoms with Crippen LogP contribution in [0.5, 0.6) is 5.75 Å². The predicted octanol–water partition coefficient (Wildman–Crippen LogP) is 3.43. The summed E-state index contributed by atoms with van der Waals surface area (Å²) in [5.41, 5.74) is -1.32. The zero-order chi connectivity index (χ0) is 19.3. The Balaban J connectivity index is 2.64. The van der Waals surface area contributed by atoms with Gasteiger partial charge >= 0.3 is 5.97 Å². The lowest BCUT2D eigenvalue weighted by molar-refractivity contribution is -0.393. The molecule has 26 heavy (non-hydrogen) atoms. The van der Waals surface area contributed by atoms with Crippen LogP contribution in [0.4, 0.5) is 22.7 Å². The van der Waals surface area contributed by atoms with Crippen LogP contribution in [0.25, 0.3) is 0 Å². The van der Waals surface area contributed by atoms with Gasteiger partial charge in [-0.15, -0.1) is 0 Å². The highest BCUT2D eigenvalue weighted by Gasteiger charge is 2.28. The van der Waals surface area contributed by atoms with Crippen molar-refractivity contribution in [3.05, 3.63) is 62.2 Å². The molecular weight excluding hydrogens is 346 g/mol. The Morgan fingerprint density at radius 3 is 2.46 bits per heavy atom. The summed E-state index contributed by atoms with van der Waals surface area (Å²) in [6.45, 7) is 1.56. The summed E-state index contributed by atoms with van der Waals surface area (Å²) in [5, 5.41) is 25.2. The second-order valence-electron chi connectivity index (χ2n) is 4.98. The quantitative estimate of drug-likeness (QED) is 0.450. The normalized spacial score (nSPS) is 10.1. The molecule has 0 aliphatic heterocycles. The van der Waals surface area contributed by atoms with Crippen molar-refractivity contribution < 1.29 is 24.1 Å². The van der Waals surface area contributed by atoms with E-state index in [1.54, 1.807) is 31.2 Å². The van der Waals surface area contributed by atoms with Crippen molar-refractivity contribution in [2.45, 2.75) is 6.92 Å². The second kappa shape index (κ2) is 7.92. The Kier molecular flexibility index (Phi) is 5.68. The summed E-state index contributed by atoms with van der Waals surface area (Å²) in [7, 11) is 1.46. The number of methoxy groups -OCH3 is 1. The van der Waals surface area contributed by atoms with Gasteiger partial charge in [0.2, 0.25) is 0 Å². The van der Waals surface area contributed by atoms with E-state index in [-0.39, 0.29) is 17.9 Å². The first-order valence-electron chi connectivity index (χ1n) is 7.42. The third-order valence-electron chi connectivity index (χ3n) is 3.34. The molecule has 0 amide bonds. The molecule has 0 aliphatic carbocycles. The summed E-state index contributed by atoms with van der Waals surface area (Å²) < 4.78 is 9.95. The first kappa shape index (κ1) is 18.6. The third-order valence-corrected chi connectivity index (χ3v) is 3.34. The van der Waals surface area contributed by atoms with E-state index in [2.05, 4.69) is 5.32 Å². The minimum absolute atomic E-state index is 0.00786. The number of benzene rings is 2. The average Bonchev–Trinajstić information content (AvgIpc) is 2.61. The highest BCUT2D eigenvalue weighted by atomic mass is 16.6. The van der Waals surface area contributed by atoms with E-state index in [9.17, 15) is 25.0 Å². The van der Waals surface area contributed by atoms with E-state index in [4.69, 9.17) is 9.47 Å². The Morgan fingerprint density at radius 1 is 1.15 bits per heavy atom. The molecule has 0 aromatic heterocycles. The number of nitrogens with one attached hydrogen (secondary N) is 1. The van der Waals surface area contributed by atoms with Crippen molar-refractivity contribution in [1.82, 2.24) is 0 Å². The van der Waals surface area contributed by atoms with Crippen LogP contribution >= 0.6 is 0 Å². The molecule has 0 heterocycles. The van der Waals surface area contributed by atoms with Gasteiger partial charge in [-0.25, -0.2) is 4.79 Å². The van der Waals surface area contributed by atoms with Gasteiger partial charge in [0.25, 0.3) is 11.4 Å². The lowest BCUT2D eigenvalue weighted by Crippen LogP contribution is -2.11. The number of ether oxygens (including phenoxy) is 2. The Hall–Kier alpha value is -3.69. The molecule has 10 heteroatoms. The molecule has 0 aliphatic rings. The lowest BCUT2D eigenvalue weighted by atomic mass is 10.1. The second-order valence-corrected chi connectivity index (χ2v) is 4.98. The van der Waals surface area contributed by atoms with Crippen LogP contribution in [0.2, 0.25) is 0 Å². The molecule has 2 aromatic carbocycles. The zero-order valence-corrected chi connectivity index (χ0v) is 13.9. The number of non-ortho nitro benzene ring substituents is 1. The van der Waals surface area contributed by atoms with Crippen molar-refractivity contribution in [2.75, 3.05) is 19.0 Å². The summed E-state index contributed by atoms with van der Waals surface area (Å²) in [6.07, 6.45) is 0. The lowest BCUT2D eigenvalue weighted by Gasteiger charge is -2.12. The van der Waals surface area contributed by atoms with E-state index in [0.29, 0.717) is 11.4 Å². The van der Waals surface area contributed by atoms with Crippen LogP contribution in [0.15, 0.2) is 36.4 Å². The standard InChI is InChI=1S/C16H15N3O7/c1-3-26-16(20)13-8-11(18(21)22)9-14(19(23)24)15(13)17-10-5-4-6-12(7-10)25-2/h4-9,17H,3H2,1-2H3. The Morgan fingerprint density at radius 2 is 1.88 bits per heavy atom. The molecule has 0 radical (unpaired) electrons. The van der Waals surface area contributed by atoms with Gasteiger partial charge in [-0.3, -0.25) is 20.2 Å². The van der Waals surface area contributed by atoms with Crippen LogP contribution in [0, 0.1) is 20.2 Å². The molecule has 10 nitrogen and oxygen atoms in total. The third kappa shape index (κ3) is 4.04. The van der Waals surface area contributed by atoms with Crippen molar-refractivity contribution in [3.8, 4) is 5.75 Å². The van der Waals surface area contributed by atoms with Crippen molar-refractivity contribution >= 4 is 28.7 Å². The van der Waals surface area contributed by atoms with Gasteiger partial charge in [-0.05, 0) is 19.1 Å². The van der Waals surface area contributed by atoms with Crippen molar-refractivity contribution in [1.29, 1.82) is 0 Å². The molecule has 0 spiro atoms. The number of nitro benzene ring substituents is 2. The van der Waals surface area contributed by atoms with E-state index in [1.807, 2.05) is 0 Å². The number of carbonyl (C=O) groups excluding carboxylic acids is 1. The topological polar surface area (TPSA) is 134 Å². The maximum Gasteiger partial charge on any atom is 0.340 e.